The highest BCUT2D eigenvalue weighted by Crippen LogP contribution is 2.37. The van der Waals surface area contributed by atoms with Gasteiger partial charge in [0.2, 0.25) is 11.8 Å². The number of nitrogens with zero attached hydrogens (tertiary/aromatic N) is 1. The molecule has 0 bridgehead atoms. The molecule has 0 saturated carbocycles. The summed E-state index contributed by atoms with van der Waals surface area (Å²) < 4.78 is 11.2. The number of hydrogen-bond donors (Lipinski definition) is 1. The van der Waals surface area contributed by atoms with Gasteiger partial charge in [0, 0.05) is 24.7 Å². The monoisotopic (exact) mass is 408 g/mol. The van der Waals surface area contributed by atoms with Gasteiger partial charge in [0.15, 0.2) is 11.5 Å². The van der Waals surface area contributed by atoms with Crippen molar-refractivity contribution in [3.63, 3.8) is 0 Å². The summed E-state index contributed by atoms with van der Waals surface area (Å²) in [4.78, 5) is 27.4. The molecule has 0 radical (unpaired) electrons. The maximum atomic E-state index is 13.1. The first-order valence-corrected chi connectivity index (χ1v) is 10.4. The summed E-state index contributed by atoms with van der Waals surface area (Å²) in [6, 6.07) is 15.3. The Kier molecular flexibility index (Phi) is 5.41. The average Bonchev–Trinajstić information content (AvgIpc) is 3.13. The highest BCUT2D eigenvalue weighted by Gasteiger charge is 2.38. The second kappa shape index (κ2) is 8.01. The van der Waals surface area contributed by atoms with Gasteiger partial charge in [-0.15, -0.1) is 0 Å². The molecule has 0 aliphatic carbocycles. The molecule has 158 valence electrons. The van der Waals surface area contributed by atoms with Crippen LogP contribution in [0.1, 0.15) is 38.8 Å². The van der Waals surface area contributed by atoms with Crippen molar-refractivity contribution in [1.82, 2.24) is 5.32 Å². The van der Waals surface area contributed by atoms with Crippen molar-refractivity contribution in [3.8, 4) is 11.5 Å². The van der Waals surface area contributed by atoms with Crippen LogP contribution in [0.25, 0.3) is 0 Å². The molecule has 2 aromatic carbocycles. The second-order valence-corrected chi connectivity index (χ2v) is 8.95. The van der Waals surface area contributed by atoms with E-state index in [4.69, 9.17) is 9.47 Å². The molecule has 1 saturated heterocycles. The van der Waals surface area contributed by atoms with Gasteiger partial charge in [0.1, 0.15) is 13.2 Å². The Bertz CT molecular complexity index is 936. The predicted molar refractivity (Wildman–Crippen MR) is 115 cm³/mol. The van der Waals surface area contributed by atoms with E-state index in [0.29, 0.717) is 31.3 Å². The molecule has 30 heavy (non-hydrogen) atoms. The molecule has 1 N–H and O–H groups in total. The molecular formula is C24H28N2O4. The second-order valence-electron chi connectivity index (χ2n) is 8.95. The van der Waals surface area contributed by atoms with Crippen molar-refractivity contribution in [1.29, 1.82) is 0 Å². The Morgan fingerprint density at radius 2 is 1.77 bits per heavy atom. The quantitative estimate of drug-likeness (QED) is 0.837. The van der Waals surface area contributed by atoms with E-state index in [9.17, 15) is 9.59 Å². The van der Waals surface area contributed by atoms with Crippen molar-refractivity contribution in [2.45, 2.75) is 33.2 Å². The lowest BCUT2D eigenvalue weighted by molar-refractivity contribution is -0.127. The molecule has 2 aromatic rings. The third kappa shape index (κ3) is 4.13. The number of nitrogens with one attached hydrogen (secondary N) is 1. The maximum Gasteiger partial charge on any atom is 0.227 e. The zero-order chi connectivity index (χ0) is 21.3. The van der Waals surface area contributed by atoms with Crippen LogP contribution >= 0.6 is 0 Å². The molecule has 2 amide bonds. The van der Waals surface area contributed by atoms with Gasteiger partial charge in [-0.2, -0.15) is 0 Å². The van der Waals surface area contributed by atoms with Crippen LogP contribution in [-0.4, -0.2) is 31.6 Å². The first-order valence-electron chi connectivity index (χ1n) is 10.4. The number of ether oxygens (including phenoxy) is 2. The molecule has 0 spiro atoms. The fraction of sp³-hybridized carbons (Fsp3) is 0.417. The van der Waals surface area contributed by atoms with Crippen molar-refractivity contribution in [3.05, 3.63) is 54.1 Å². The summed E-state index contributed by atoms with van der Waals surface area (Å²) >= 11 is 0. The van der Waals surface area contributed by atoms with Crippen LogP contribution in [0.4, 0.5) is 5.69 Å². The van der Waals surface area contributed by atoms with Crippen LogP contribution in [0.5, 0.6) is 11.5 Å². The number of amides is 2. The number of carbonyl (C=O) groups excluding carboxylic acids is 2. The third-order valence-corrected chi connectivity index (χ3v) is 5.62. The summed E-state index contributed by atoms with van der Waals surface area (Å²) in [6.45, 7) is 7.68. The summed E-state index contributed by atoms with van der Waals surface area (Å²) in [6.07, 6.45) is 0.200. The van der Waals surface area contributed by atoms with Gasteiger partial charge in [-0.05, 0) is 23.1 Å². The van der Waals surface area contributed by atoms with E-state index in [1.165, 1.54) is 0 Å². The lowest BCUT2D eigenvalue weighted by Crippen LogP contribution is -2.40. The lowest BCUT2D eigenvalue weighted by atomic mass is 9.82. The number of rotatable bonds is 4. The third-order valence-electron chi connectivity index (χ3n) is 5.62. The molecule has 2 atom stereocenters. The van der Waals surface area contributed by atoms with Crippen molar-refractivity contribution >= 4 is 17.5 Å². The van der Waals surface area contributed by atoms with Crippen molar-refractivity contribution < 1.29 is 19.1 Å². The fourth-order valence-corrected chi connectivity index (χ4v) is 4.04. The zero-order valence-electron chi connectivity index (χ0n) is 17.7. The predicted octanol–water partition coefficient (Wildman–Crippen LogP) is 3.71. The molecule has 1 fully saturated rings. The van der Waals surface area contributed by atoms with Crippen LogP contribution < -0.4 is 19.7 Å². The van der Waals surface area contributed by atoms with Gasteiger partial charge in [-0.3, -0.25) is 9.59 Å². The Balaban J connectivity index is 1.49. The highest BCUT2D eigenvalue weighted by atomic mass is 16.6. The normalized spacial score (nSPS) is 19.5. The van der Waals surface area contributed by atoms with E-state index < -0.39 is 0 Å². The Morgan fingerprint density at radius 1 is 1.07 bits per heavy atom. The van der Waals surface area contributed by atoms with Gasteiger partial charge in [-0.1, -0.05) is 51.1 Å². The van der Waals surface area contributed by atoms with Gasteiger partial charge < -0.3 is 19.7 Å². The Labute approximate surface area is 177 Å². The van der Waals surface area contributed by atoms with E-state index in [1.807, 2.05) is 48.5 Å². The van der Waals surface area contributed by atoms with Gasteiger partial charge >= 0.3 is 0 Å². The maximum absolute atomic E-state index is 13.1. The summed E-state index contributed by atoms with van der Waals surface area (Å²) in [7, 11) is 0. The standard InChI is InChI=1S/C24H28N2O4/c1-24(2,3)22(16-7-5-4-6-8-16)25-23(28)17-13-21(27)26(15-17)18-9-10-19-20(14-18)30-12-11-29-19/h4-10,14,17,22H,11-13,15H2,1-3H3,(H,25,28)/t17-,22+/m1/s1. The van der Waals surface area contributed by atoms with Crippen molar-refractivity contribution in [2.24, 2.45) is 11.3 Å². The topological polar surface area (TPSA) is 67.9 Å². The fourth-order valence-electron chi connectivity index (χ4n) is 4.04. The SMILES string of the molecule is CC(C)(C)[C@@H](NC(=O)[C@@H]1CC(=O)N(c2ccc3c(c2)OCCO3)C1)c1ccccc1. The van der Waals surface area contributed by atoms with Gasteiger partial charge in [-0.25, -0.2) is 0 Å². The minimum absolute atomic E-state index is 0.0566. The molecule has 6 heteroatoms. The minimum Gasteiger partial charge on any atom is -0.486 e. The highest BCUT2D eigenvalue weighted by molar-refractivity contribution is 6.00. The first kappa shape index (κ1) is 20.3. The largest absolute Gasteiger partial charge is 0.486 e. The zero-order valence-corrected chi connectivity index (χ0v) is 17.7. The minimum atomic E-state index is -0.390. The van der Waals surface area contributed by atoms with Crippen LogP contribution in [0.15, 0.2) is 48.5 Å². The van der Waals surface area contributed by atoms with E-state index in [-0.39, 0.29) is 35.6 Å². The molecular weight excluding hydrogens is 380 g/mol. The van der Waals surface area contributed by atoms with Gasteiger partial charge in [0.25, 0.3) is 0 Å². The molecule has 2 heterocycles. The van der Waals surface area contributed by atoms with E-state index >= 15 is 0 Å². The van der Waals surface area contributed by atoms with E-state index in [1.54, 1.807) is 4.90 Å². The Morgan fingerprint density at radius 3 is 2.47 bits per heavy atom. The molecule has 4 rings (SSSR count). The number of carbonyl (C=O) groups is 2. The molecule has 6 nitrogen and oxygen atoms in total. The van der Waals surface area contributed by atoms with E-state index in [2.05, 4.69) is 26.1 Å². The van der Waals surface area contributed by atoms with Crippen LogP contribution in [0.2, 0.25) is 0 Å². The van der Waals surface area contributed by atoms with Crippen LogP contribution in [-0.2, 0) is 9.59 Å². The van der Waals surface area contributed by atoms with Crippen LogP contribution in [0, 0.1) is 11.3 Å². The van der Waals surface area contributed by atoms with Crippen LogP contribution in [0.3, 0.4) is 0 Å². The summed E-state index contributed by atoms with van der Waals surface area (Å²) in [5, 5.41) is 3.20. The molecule has 0 aromatic heterocycles. The van der Waals surface area contributed by atoms with Crippen molar-refractivity contribution in [2.75, 3.05) is 24.7 Å². The molecule has 0 unspecified atom stereocenters. The average molecular weight is 408 g/mol. The number of benzene rings is 2. The Hall–Kier alpha value is -3.02. The van der Waals surface area contributed by atoms with Gasteiger partial charge in [0.05, 0.1) is 12.0 Å². The molecule has 2 aliphatic heterocycles. The lowest BCUT2D eigenvalue weighted by Gasteiger charge is -2.32. The first-order chi connectivity index (χ1) is 14.3. The molecule has 2 aliphatic rings. The number of fused-ring (bicyclic) bond motifs is 1. The summed E-state index contributed by atoms with van der Waals surface area (Å²) in [5.74, 6) is 0.781. The smallest absolute Gasteiger partial charge is 0.227 e. The number of anilines is 1. The number of hydrogen-bond acceptors (Lipinski definition) is 4. The van der Waals surface area contributed by atoms with E-state index in [0.717, 1.165) is 11.3 Å². The summed E-state index contributed by atoms with van der Waals surface area (Å²) in [5.41, 5.74) is 1.64.